The van der Waals surface area contributed by atoms with Crippen LogP contribution in [0.15, 0.2) is 29.1 Å². The van der Waals surface area contributed by atoms with Crippen LogP contribution in [0.2, 0.25) is 0 Å². The van der Waals surface area contributed by atoms with Crippen molar-refractivity contribution in [2.24, 2.45) is 5.41 Å². The van der Waals surface area contributed by atoms with Gasteiger partial charge in [-0.15, -0.1) is 0 Å². The Bertz CT molecular complexity index is 1010. The number of nitrogens with zero attached hydrogens (tertiary/aromatic N) is 3. The smallest absolute Gasteiger partial charge is 0.312 e. The van der Waals surface area contributed by atoms with Crippen molar-refractivity contribution < 1.29 is 14.3 Å². The number of fused-ring (bicyclic) bond motifs is 1. The fourth-order valence-corrected chi connectivity index (χ4v) is 4.56. The molecule has 1 aromatic heterocycles. The van der Waals surface area contributed by atoms with Crippen LogP contribution < -0.4 is 5.56 Å². The summed E-state index contributed by atoms with van der Waals surface area (Å²) >= 11 is 0. The van der Waals surface area contributed by atoms with E-state index in [1.165, 1.54) is 0 Å². The first kappa shape index (κ1) is 20.5. The molecule has 2 aliphatic heterocycles. The number of esters is 1. The topological polar surface area (TPSA) is 95.6 Å². The van der Waals surface area contributed by atoms with Gasteiger partial charge in [-0.25, -0.2) is 4.98 Å². The average molecular weight is 412 g/mol. The molecule has 2 aromatic rings. The van der Waals surface area contributed by atoms with Crippen LogP contribution in [-0.4, -0.2) is 71.5 Å². The Morgan fingerprint density at radius 2 is 2.00 bits per heavy atom. The van der Waals surface area contributed by atoms with Crippen molar-refractivity contribution in [2.75, 3.05) is 33.7 Å². The number of hydrogen-bond donors (Lipinski definition) is 1. The van der Waals surface area contributed by atoms with E-state index in [-0.39, 0.29) is 30.0 Å². The minimum atomic E-state index is -0.450. The Hall–Kier alpha value is -2.74. The van der Waals surface area contributed by atoms with Crippen LogP contribution in [0, 0.1) is 5.41 Å². The molecule has 1 amide bonds. The molecule has 4 rings (SSSR count). The molecule has 1 aromatic carbocycles. The molecular weight excluding hydrogens is 384 g/mol. The summed E-state index contributed by atoms with van der Waals surface area (Å²) in [5, 5.41) is 0. The van der Waals surface area contributed by atoms with E-state index in [1.54, 1.807) is 11.0 Å². The van der Waals surface area contributed by atoms with Gasteiger partial charge in [-0.05, 0) is 39.1 Å². The largest absolute Gasteiger partial charge is 0.461 e. The van der Waals surface area contributed by atoms with Gasteiger partial charge in [-0.3, -0.25) is 14.4 Å². The predicted molar refractivity (Wildman–Crippen MR) is 112 cm³/mol. The van der Waals surface area contributed by atoms with Crippen molar-refractivity contribution in [1.82, 2.24) is 19.8 Å². The fourth-order valence-electron chi connectivity index (χ4n) is 4.56. The molecule has 1 spiro atoms. The minimum Gasteiger partial charge on any atom is -0.461 e. The lowest BCUT2D eigenvalue weighted by atomic mass is 9.76. The minimum absolute atomic E-state index is 0.00425. The first-order valence-corrected chi connectivity index (χ1v) is 10.5. The number of hydrogen-bond acceptors (Lipinski definition) is 6. The van der Waals surface area contributed by atoms with Gasteiger partial charge in [0.15, 0.2) is 0 Å². The van der Waals surface area contributed by atoms with Gasteiger partial charge < -0.3 is 19.5 Å². The van der Waals surface area contributed by atoms with Crippen LogP contribution in [0.4, 0.5) is 0 Å². The normalized spacial score (nSPS) is 20.8. The van der Waals surface area contributed by atoms with Crippen LogP contribution in [0.25, 0.3) is 11.0 Å². The second-order valence-electron chi connectivity index (χ2n) is 8.68. The predicted octanol–water partition coefficient (Wildman–Crippen LogP) is 1.34. The zero-order valence-electron chi connectivity index (χ0n) is 17.5. The van der Waals surface area contributed by atoms with E-state index >= 15 is 0 Å². The van der Waals surface area contributed by atoms with E-state index in [9.17, 15) is 14.4 Å². The molecular formula is C22H28N4O4. The molecule has 160 valence electrons. The standard InChI is InChI=1S/C22H28N4O4/c1-25(2)14-15-13-22(21(29)30-15)9-11-26(12-10-22)19(27)8-7-18-20(28)24-17-6-4-3-5-16(17)23-18/h3-6,15H,7-14H2,1-2H3,(H,24,28). The summed E-state index contributed by atoms with van der Waals surface area (Å²) in [4.78, 5) is 48.5. The summed E-state index contributed by atoms with van der Waals surface area (Å²) in [6.45, 7) is 1.82. The van der Waals surface area contributed by atoms with Gasteiger partial charge in [-0.1, -0.05) is 12.1 Å². The second-order valence-corrected chi connectivity index (χ2v) is 8.68. The maximum Gasteiger partial charge on any atom is 0.312 e. The highest BCUT2D eigenvalue weighted by molar-refractivity contribution is 5.81. The third kappa shape index (κ3) is 4.09. The lowest BCUT2D eigenvalue weighted by Gasteiger charge is -2.36. The number of aromatic amines is 1. The molecule has 0 aliphatic carbocycles. The van der Waals surface area contributed by atoms with Gasteiger partial charge in [0.05, 0.1) is 16.4 Å². The van der Waals surface area contributed by atoms with Crippen LogP contribution >= 0.6 is 0 Å². The number of nitrogens with one attached hydrogen (secondary N) is 1. The number of likely N-dealkylation sites (tertiary alicyclic amines) is 1. The van der Waals surface area contributed by atoms with Crippen LogP contribution in [0.5, 0.6) is 0 Å². The summed E-state index contributed by atoms with van der Waals surface area (Å²) in [6.07, 6.45) is 2.46. The van der Waals surface area contributed by atoms with E-state index in [0.717, 1.165) is 13.0 Å². The number of piperidine rings is 1. The molecule has 0 bridgehead atoms. The molecule has 1 unspecified atom stereocenters. The fraction of sp³-hybridized carbons (Fsp3) is 0.545. The van der Waals surface area contributed by atoms with Crippen molar-refractivity contribution in [3.8, 4) is 0 Å². The van der Waals surface area contributed by atoms with E-state index < -0.39 is 5.41 Å². The monoisotopic (exact) mass is 412 g/mol. The Balaban J connectivity index is 1.34. The van der Waals surface area contributed by atoms with Gasteiger partial charge in [0.1, 0.15) is 11.8 Å². The van der Waals surface area contributed by atoms with Crippen LogP contribution in [-0.2, 0) is 20.7 Å². The number of rotatable bonds is 5. The number of benzene rings is 1. The number of para-hydroxylation sites is 2. The number of amides is 1. The number of aromatic nitrogens is 2. The van der Waals surface area contributed by atoms with E-state index in [0.29, 0.717) is 49.1 Å². The number of likely N-dealkylation sites (N-methyl/N-ethyl adjacent to an activating group) is 1. The molecule has 0 radical (unpaired) electrons. The summed E-state index contributed by atoms with van der Waals surface area (Å²) in [7, 11) is 3.94. The van der Waals surface area contributed by atoms with Gasteiger partial charge in [0, 0.05) is 38.9 Å². The number of carbonyl (C=O) groups excluding carboxylic acids is 2. The number of carbonyl (C=O) groups is 2. The quantitative estimate of drug-likeness (QED) is 0.745. The van der Waals surface area contributed by atoms with Crippen molar-refractivity contribution in [3.63, 3.8) is 0 Å². The highest BCUT2D eigenvalue weighted by Crippen LogP contribution is 2.43. The summed E-state index contributed by atoms with van der Waals surface area (Å²) in [5.41, 5.74) is 1.08. The molecule has 8 nitrogen and oxygen atoms in total. The van der Waals surface area contributed by atoms with Gasteiger partial charge in [0.25, 0.3) is 5.56 Å². The molecule has 8 heteroatoms. The van der Waals surface area contributed by atoms with Crippen molar-refractivity contribution in [1.29, 1.82) is 0 Å². The Labute approximate surface area is 175 Å². The van der Waals surface area contributed by atoms with Crippen LogP contribution in [0.1, 0.15) is 31.4 Å². The number of H-pyrrole nitrogens is 1. The van der Waals surface area contributed by atoms with Gasteiger partial charge in [0.2, 0.25) is 5.91 Å². The Kier molecular flexibility index (Phi) is 5.60. The first-order chi connectivity index (χ1) is 14.4. The maximum absolute atomic E-state index is 12.7. The van der Waals surface area contributed by atoms with E-state index in [1.807, 2.05) is 37.2 Å². The second kappa shape index (κ2) is 8.18. The molecule has 30 heavy (non-hydrogen) atoms. The molecule has 2 saturated heterocycles. The van der Waals surface area contributed by atoms with Crippen LogP contribution in [0.3, 0.4) is 0 Å². The molecule has 2 aliphatic rings. The number of aryl methyl sites for hydroxylation is 1. The zero-order chi connectivity index (χ0) is 21.3. The summed E-state index contributed by atoms with van der Waals surface area (Å²) < 4.78 is 5.58. The molecule has 2 fully saturated rings. The zero-order valence-corrected chi connectivity index (χ0v) is 17.5. The lowest BCUT2D eigenvalue weighted by molar-refractivity contribution is -0.152. The number of cyclic esters (lactones) is 1. The van der Waals surface area contributed by atoms with E-state index in [2.05, 4.69) is 9.97 Å². The molecule has 0 saturated carbocycles. The van der Waals surface area contributed by atoms with Gasteiger partial charge in [-0.2, -0.15) is 0 Å². The SMILES string of the molecule is CN(C)CC1CC2(CCN(C(=O)CCc3nc4ccccc4[nH]c3=O)CC2)C(=O)O1. The Morgan fingerprint density at radius 3 is 2.73 bits per heavy atom. The van der Waals surface area contributed by atoms with Crippen molar-refractivity contribution in [2.45, 2.75) is 38.2 Å². The molecule has 1 N–H and O–H groups in total. The third-order valence-electron chi connectivity index (χ3n) is 6.21. The summed E-state index contributed by atoms with van der Waals surface area (Å²) in [6, 6.07) is 7.35. The average Bonchev–Trinajstić information content (AvgIpc) is 3.00. The van der Waals surface area contributed by atoms with Gasteiger partial charge >= 0.3 is 5.97 Å². The lowest BCUT2D eigenvalue weighted by Crippen LogP contribution is -2.45. The third-order valence-corrected chi connectivity index (χ3v) is 6.21. The van der Waals surface area contributed by atoms with Crippen molar-refractivity contribution >= 4 is 22.9 Å². The van der Waals surface area contributed by atoms with Crippen molar-refractivity contribution in [3.05, 3.63) is 40.3 Å². The van der Waals surface area contributed by atoms with E-state index in [4.69, 9.17) is 4.74 Å². The molecule has 3 heterocycles. The highest BCUT2D eigenvalue weighted by atomic mass is 16.6. The maximum atomic E-state index is 12.7. The number of ether oxygens (including phenoxy) is 1. The first-order valence-electron chi connectivity index (χ1n) is 10.5. The highest BCUT2D eigenvalue weighted by Gasteiger charge is 2.50. The molecule has 1 atom stereocenters. The summed E-state index contributed by atoms with van der Waals surface area (Å²) in [5.74, 6) is -0.122. The Morgan fingerprint density at radius 1 is 1.27 bits per heavy atom.